The highest BCUT2D eigenvalue weighted by atomic mass is 32.2. The SMILES string of the molecule is CCS(=O)(=O)N(Cc1cccc(C(F)(F)F)c1)c1ccc(OC)cc1. The smallest absolute Gasteiger partial charge is 0.416 e. The molecule has 2 aromatic rings. The summed E-state index contributed by atoms with van der Waals surface area (Å²) in [6, 6.07) is 11.0. The number of hydrogen-bond acceptors (Lipinski definition) is 3. The first-order chi connectivity index (χ1) is 11.7. The standard InChI is InChI=1S/C17H18F3NO3S/c1-3-25(22,23)21(15-7-9-16(24-2)10-8-15)12-13-5-4-6-14(11-13)17(18,19)20/h4-11H,3,12H2,1-2H3. The molecule has 0 N–H and O–H groups in total. The average molecular weight is 373 g/mol. The topological polar surface area (TPSA) is 46.6 Å². The van der Waals surface area contributed by atoms with Crippen molar-refractivity contribution in [2.24, 2.45) is 0 Å². The molecule has 136 valence electrons. The predicted octanol–water partition coefficient (Wildman–Crippen LogP) is 4.07. The summed E-state index contributed by atoms with van der Waals surface area (Å²) in [5.41, 5.74) is -0.198. The number of sulfonamides is 1. The second kappa shape index (κ2) is 7.35. The Hall–Kier alpha value is -2.22. The van der Waals surface area contributed by atoms with E-state index in [0.717, 1.165) is 16.4 Å². The number of halogens is 3. The van der Waals surface area contributed by atoms with Crippen molar-refractivity contribution in [3.05, 3.63) is 59.7 Å². The van der Waals surface area contributed by atoms with Crippen LogP contribution < -0.4 is 9.04 Å². The summed E-state index contributed by atoms with van der Waals surface area (Å²) in [4.78, 5) is 0. The molecular formula is C17H18F3NO3S. The second-order valence-electron chi connectivity index (χ2n) is 5.30. The molecule has 0 bridgehead atoms. The third-order valence-electron chi connectivity index (χ3n) is 3.64. The van der Waals surface area contributed by atoms with Crippen LogP contribution in [0.5, 0.6) is 5.75 Å². The van der Waals surface area contributed by atoms with Crippen molar-refractivity contribution >= 4 is 15.7 Å². The molecule has 25 heavy (non-hydrogen) atoms. The molecule has 0 aliphatic carbocycles. The van der Waals surface area contributed by atoms with E-state index in [1.54, 1.807) is 24.3 Å². The van der Waals surface area contributed by atoms with Crippen LogP contribution in [0.4, 0.5) is 18.9 Å². The van der Waals surface area contributed by atoms with Crippen LogP contribution in [0.3, 0.4) is 0 Å². The molecule has 0 heterocycles. The molecule has 0 saturated carbocycles. The second-order valence-corrected chi connectivity index (χ2v) is 7.49. The Morgan fingerprint density at radius 2 is 1.72 bits per heavy atom. The van der Waals surface area contributed by atoms with Gasteiger partial charge in [-0.2, -0.15) is 13.2 Å². The molecule has 0 amide bonds. The Bertz CT molecular complexity index is 818. The van der Waals surface area contributed by atoms with Crippen molar-refractivity contribution in [1.82, 2.24) is 0 Å². The molecular weight excluding hydrogens is 355 g/mol. The summed E-state index contributed by atoms with van der Waals surface area (Å²) >= 11 is 0. The van der Waals surface area contributed by atoms with Gasteiger partial charge in [-0.1, -0.05) is 12.1 Å². The minimum absolute atomic E-state index is 0.169. The lowest BCUT2D eigenvalue weighted by molar-refractivity contribution is -0.137. The quantitative estimate of drug-likeness (QED) is 0.767. The van der Waals surface area contributed by atoms with Gasteiger partial charge in [-0.05, 0) is 48.9 Å². The first kappa shape index (κ1) is 19.1. The summed E-state index contributed by atoms with van der Waals surface area (Å²) in [6.45, 7) is 1.30. The fourth-order valence-corrected chi connectivity index (χ4v) is 3.37. The van der Waals surface area contributed by atoms with Gasteiger partial charge in [0, 0.05) is 0 Å². The summed E-state index contributed by atoms with van der Waals surface area (Å²) in [5, 5.41) is 0. The van der Waals surface area contributed by atoms with Gasteiger partial charge in [-0.3, -0.25) is 4.31 Å². The molecule has 2 aromatic carbocycles. The number of anilines is 1. The number of nitrogens with zero attached hydrogens (tertiary/aromatic N) is 1. The molecule has 0 aliphatic heterocycles. The number of methoxy groups -OCH3 is 1. The van der Waals surface area contributed by atoms with Crippen molar-refractivity contribution in [2.45, 2.75) is 19.6 Å². The van der Waals surface area contributed by atoms with Crippen LogP contribution in [0.15, 0.2) is 48.5 Å². The Morgan fingerprint density at radius 3 is 2.24 bits per heavy atom. The van der Waals surface area contributed by atoms with Gasteiger partial charge in [0.15, 0.2) is 0 Å². The van der Waals surface area contributed by atoms with Crippen LogP contribution in [0.1, 0.15) is 18.1 Å². The van der Waals surface area contributed by atoms with Crippen molar-refractivity contribution in [2.75, 3.05) is 17.2 Å². The van der Waals surface area contributed by atoms with Crippen molar-refractivity contribution in [3.8, 4) is 5.75 Å². The van der Waals surface area contributed by atoms with E-state index in [1.807, 2.05) is 0 Å². The molecule has 0 aliphatic rings. The minimum Gasteiger partial charge on any atom is -0.497 e. The summed E-state index contributed by atoms with van der Waals surface area (Å²) < 4.78 is 69.6. The highest BCUT2D eigenvalue weighted by molar-refractivity contribution is 7.92. The third-order valence-corrected chi connectivity index (χ3v) is 5.38. The van der Waals surface area contributed by atoms with Gasteiger partial charge in [0.2, 0.25) is 10.0 Å². The lowest BCUT2D eigenvalue weighted by atomic mass is 10.1. The van der Waals surface area contributed by atoms with Gasteiger partial charge >= 0.3 is 6.18 Å². The lowest BCUT2D eigenvalue weighted by Crippen LogP contribution is -2.31. The van der Waals surface area contributed by atoms with E-state index < -0.39 is 21.8 Å². The molecule has 0 spiro atoms. The van der Waals surface area contributed by atoms with Crippen LogP contribution in [-0.2, 0) is 22.7 Å². The molecule has 0 unspecified atom stereocenters. The van der Waals surface area contributed by atoms with E-state index in [-0.39, 0.29) is 17.9 Å². The van der Waals surface area contributed by atoms with Crippen LogP contribution >= 0.6 is 0 Å². The monoisotopic (exact) mass is 373 g/mol. The van der Waals surface area contributed by atoms with E-state index in [1.165, 1.54) is 26.2 Å². The Kier molecular flexibility index (Phi) is 5.62. The highest BCUT2D eigenvalue weighted by Gasteiger charge is 2.31. The summed E-state index contributed by atoms with van der Waals surface area (Å²) in [7, 11) is -2.18. The van der Waals surface area contributed by atoms with Crippen LogP contribution in [-0.4, -0.2) is 21.3 Å². The molecule has 0 aromatic heterocycles. The molecule has 0 radical (unpaired) electrons. The van der Waals surface area contributed by atoms with Gasteiger partial charge < -0.3 is 4.74 Å². The molecule has 0 atom stereocenters. The van der Waals surface area contributed by atoms with Crippen LogP contribution in [0.25, 0.3) is 0 Å². The Labute approximate surface area is 144 Å². The number of hydrogen-bond donors (Lipinski definition) is 0. The van der Waals surface area contributed by atoms with Crippen molar-refractivity contribution < 1.29 is 26.3 Å². The van der Waals surface area contributed by atoms with E-state index in [9.17, 15) is 21.6 Å². The molecule has 4 nitrogen and oxygen atoms in total. The van der Waals surface area contributed by atoms with E-state index in [0.29, 0.717) is 11.4 Å². The molecule has 2 rings (SSSR count). The fourth-order valence-electron chi connectivity index (χ4n) is 2.27. The third kappa shape index (κ3) is 4.66. The molecule has 0 saturated heterocycles. The number of alkyl halides is 3. The number of rotatable bonds is 6. The maximum Gasteiger partial charge on any atom is 0.416 e. The first-order valence-electron chi connectivity index (χ1n) is 7.48. The average Bonchev–Trinajstić information content (AvgIpc) is 2.59. The van der Waals surface area contributed by atoms with Gasteiger partial charge in [0.25, 0.3) is 0 Å². The van der Waals surface area contributed by atoms with Crippen LogP contribution in [0, 0.1) is 0 Å². The predicted molar refractivity (Wildman–Crippen MR) is 90.1 cm³/mol. The molecule has 0 fully saturated rings. The van der Waals surface area contributed by atoms with Gasteiger partial charge in [0.1, 0.15) is 5.75 Å². The summed E-state index contributed by atoms with van der Waals surface area (Å²) in [5.74, 6) is 0.384. The highest BCUT2D eigenvalue weighted by Crippen LogP contribution is 2.31. The van der Waals surface area contributed by atoms with Crippen molar-refractivity contribution in [1.29, 1.82) is 0 Å². The van der Waals surface area contributed by atoms with E-state index in [4.69, 9.17) is 4.74 Å². The zero-order chi connectivity index (χ0) is 18.7. The van der Waals surface area contributed by atoms with Crippen molar-refractivity contribution in [3.63, 3.8) is 0 Å². The largest absolute Gasteiger partial charge is 0.497 e. The van der Waals surface area contributed by atoms with Gasteiger partial charge in [-0.15, -0.1) is 0 Å². The first-order valence-corrected chi connectivity index (χ1v) is 9.09. The van der Waals surface area contributed by atoms with Crippen LogP contribution in [0.2, 0.25) is 0 Å². The number of benzene rings is 2. The van der Waals surface area contributed by atoms with E-state index in [2.05, 4.69) is 0 Å². The maximum atomic E-state index is 12.9. The molecule has 8 heteroatoms. The minimum atomic E-state index is -4.48. The lowest BCUT2D eigenvalue weighted by Gasteiger charge is -2.24. The Balaban J connectivity index is 2.41. The van der Waals surface area contributed by atoms with Gasteiger partial charge in [-0.25, -0.2) is 8.42 Å². The number of ether oxygens (including phenoxy) is 1. The fraction of sp³-hybridized carbons (Fsp3) is 0.294. The van der Waals surface area contributed by atoms with E-state index >= 15 is 0 Å². The normalized spacial score (nSPS) is 12.0. The zero-order valence-electron chi connectivity index (χ0n) is 13.7. The zero-order valence-corrected chi connectivity index (χ0v) is 14.6. The van der Waals surface area contributed by atoms with Gasteiger partial charge in [0.05, 0.1) is 30.7 Å². The maximum absolute atomic E-state index is 12.9. The Morgan fingerprint density at radius 1 is 1.08 bits per heavy atom. The summed E-state index contributed by atoms with van der Waals surface area (Å²) in [6.07, 6.45) is -4.48.